The number of non-ortho nitro benzene ring substituents is 1. The van der Waals surface area contributed by atoms with Crippen molar-refractivity contribution in [1.82, 2.24) is 0 Å². The fourth-order valence-corrected chi connectivity index (χ4v) is 1.79. The van der Waals surface area contributed by atoms with E-state index >= 15 is 0 Å². The number of nitro groups is 1. The fourth-order valence-electron chi connectivity index (χ4n) is 1.79. The standard InChI is InChI=1S/C15H12N2O4/c1-20-15-6-5-11(7-12(15)9-16)10-21-14-4-2-3-13(8-14)17(18)19/h2-8H,10H2,1H3. The normalized spacial score (nSPS) is 9.71. The van der Waals surface area contributed by atoms with Crippen molar-refractivity contribution < 1.29 is 14.4 Å². The molecule has 0 saturated carbocycles. The number of nitrogens with zero attached hydrogens (tertiary/aromatic N) is 2. The number of ether oxygens (including phenoxy) is 2. The van der Waals surface area contributed by atoms with Gasteiger partial charge in [-0.2, -0.15) is 5.26 Å². The predicted molar refractivity (Wildman–Crippen MR) is 75.1 cm³/mol. The number of nitro benzene ring substituents is 1. The van der Waals surface area contributed by atoms with Gasteiger partial charge in [-0.25, -0.2) is 0 Å². The van der Waals surface area contributed by atoms with Crippen molar-refractivity contribution in [2.24, 2.45) is 0 Å². The molecule has 0 aliphatic rings. The molecular formula is C15H12N2O4. The zero-order valence-corrected chi connectivity index (χ0v) is 11.3. The van der Waals surface area contributed by atoms with E-state index in [-0.39, 0.29) is 12.3 Å². The van der Waals surface area contributed by atoms with Gasteiger partial charge < -0.3 is 9.47 Å². The third kappa shape index (κ3) is 3.48. The number of methoxy groups -OCH3 is 1. The Labute approximate surface area is 121 Å². The zero-order chi connectivity index (χ0) is 15.2. The summed E-state index contributed by atoms with van der Waals surface area (Å²) in [5.41, 5.74) is 1.16. The minimum atomic E-state index is -0.478. The predicted octanol–water partition coefficient (Wildman–Crippen LogP) is 3.05. The fraction of sp³-hybridized carbons (Fsp3) is 0.133. The van der Waals surface area contributed by atoms with E-state index in [0.29, 0.717) is 17.1 Å². The van der Waals surface area contributed by atoms with E-state index < -0.39 is 4.92 Å². The topological polar surface area (TPSA) is 85.4 Å². The zero-order valence-electron chi connectivity index (χ0n) is 11.3. The third-order valence-electron chi connectivity index (χ3n) is 2.82. The average Bonchev–Trinajstić information content (AvgIpc) is 2.52. The van der Waals surface area contributed by atoms with Crippen LogP contribution in [0.4, 0.5) is 5.69 Å². The first-order chi connectivity index (χ1) is 10.1. The molecule has 6 nitrogen and oxygen atoms in total. The van der Waals surface area contributed by atoms with Crippen LogP contribution in [0.15, 0.2) is 42.5 Å². The Morgan fingerprint density at radius 1 is 1.29 bits per heavy atom. The number of benzene rings is 2. The second-order valence-electron chi connectivity index (χ2n) is 4.19. The Bertz CT molecular complexity index is 707. The summed E-state index contributed by atoms with van der Waals surface area (Å²) in [6.45, 7) is 0.208. The molecule has 0 spiro atoms. The summed E-state index contributed by atoms with van der Waals surface area (Å²) in [4.78, 5) is 10.2. The summed E-state index contributed by atoms with van der Waals surface area (Å²) in [6, 6.07) is 13.1. The lowest BCUT2D eigenvalue weighted by Crippen LogP contribution is -1.98. The molecule has 106 valence electrons. The van der Waals surface area contributed by atoms with E-state index in [1.165, 1.54) is 19.2 Å². The second-order valence-corrected chi connectivity index (χ2v) is 4.19. The van der Waals surface area contributed by atoms with Crippen LogP contribution in [0, 0.1) is 21.4 Å². The van der Waals surface area contributed by atoms with Crippen LogP contribution in [0.3, 0.4) is 0 Å². The monoisotopic (exact) mass is 284 g/mol. The van der Waals surface area contributed by atoms with Crippen molar-refractivity contribution >= 4 is 5.69 Å². The molecule has 0 atom stereocenters. The highest BCUT2D eigenvalue weighted by atomic mass is 16.6. The van der Waals surface area contributed by atoms with Crippen molar-refractivity contribution in [2.75, 3.05) is 7.11 Å². The van der Waals surface area contributed by atoms with Crippen LogP contribution in [0.25, 0.3) is 0 Å². The maximum atomic E-state index is 10.7. The summed E-state index contributed by atoms with van der Waals surface area (Å²) in [7, 11) is 1.50. The van der Waals surface area contributed by atoms with Gasteiger partial charge in [0.05, 0.1) is 23.7 Å². The van der Waals surface area contributed by atoms with Crippen LogP contribution in [-0.4, -0.2) is 12.0 Å². The lowest BCUT2D eigenvalue weighted by molar-refractivity contribution is -0.384. The molecule has 0 amide bonds. The molecule has 0 unspecified atom stereocenters. The Morgan fingerprint density at radius 2 is 2.10 bits per heavy atom. The van der Waals surface area contributed by atoms with Gasteiger partial charge in [-0.3, -0.25) is 10.1 Å². The Kier molecular flexibility index (Phi) is 4.36. The first-order valence-corrected chi connectivity index (χ1v) is 6.08. The molecule has 0 aromatic heterocycles. The molecule has 0 heterocycles. The van der Waals surface area contributed by atoms with Crippen LogP contribution < -0.4 is 9.47 Å². The van der Waals surface area contributed by atoms with Crippen LogP contribution in [0.5, 0.6) is 11.5 Å². The number of hydrogen-bond donors (Lipinski definition) is 0. The number of hydrogen-bond acceptors (Lipinski definition) is 5. The van der Waals surface area contributed by atoms with Crippen molar-refractivity contribution in [3.63, 3.8) is 0 Å². The van der Waals surface area contributed by atoms with E-state index in [4.69, 9.17) is 14.7 Å². The number of nitriles is 1. The molecule has 0 radical (unpaired) electrons. The molecule has 2 rings (SSSR count). The van der Waals surface area contributed by atoms with Gasteiger partial charge in [0.1, 0.15) is 24.2 Å². The first-order valence-electron chi connectivity index (χ1n) is 6.08. The summed E-state index contributed by atoms with van der Waals surface area (Å²) in [5.74, 6) is 0.898. The maximum absolute atomic E-state index is 10.7. The summed E-state index contributed by atoms with van der Waals surface area (Å²) in [6.07, 6.45) is 0. The van der Waals surface area contributed by atoms with E-state index in [2.05, 4.69) is 0 Å². The minimum Gasteiger partial charge on any atom is -0.495 e. The van der Waals surface area contributed by atoms with Gasteiger partial charge in [0.2, 0.25) is 0 Å². The maximum Gasteiger partial charge on any atom is 0.273 e. The highest BCUT2D eigenvalue weighted by molar-refractivity contribution is 5.45. The van der Waals surface area contributed by atoms with E-state index in [0.717, 1.165) is 5.56 Å². The summed E-state index contributed by atoms with van der Waals surface area (Å²) >= 11 is 0. The summed E-state index contributed by atoms with van der Waals surface area (Å²) < 4.78 is 10.6. The molecule has 21 heavy (non-hydrogen) atoms. The molecule has 0 N–H and O–H groups in total. The molecule has 0 bridgehead atoms. The van der Waals surface area contributed by atoms with E-state index in [1.807, 2.05) is 6.07 Å². The van der Waals surface area contributed by atoms with Crippen LogP contribution in [-0.2, 0) is 6.61 Å². The number of rotatable bonds is 5. The molecule has 2 aromatic carbocycles. The SMILES string of the molecule is COc1ccc(COc2cccc([N+](=O)[O-])c2)cc1C#N. The van der Waals surface area contributed by atoms with Crippen molar-refractivity contribution in [3.8, 4) is 17.6 Å². The molecule has 2 aromatic rings. The Balaban J connectivity index is 2.11. The molecule has 6 heteroatoms. The molecule has 0 fully saturated rings. The molecule has 0 aliphatic heterocycles. The van der Waals surface area contributed by atoms with Crippen LogP contribution in [0.1, 0.15) is 11.1 Å². The van der Waals surface area contributed by atoms with Gasteiger partial charge in [0.25, 0.3) is 5.69 Å². The van der Waals surface area contributed by atoms with Crippen molar-refractivity contribution in [2.45, 2.75) is 6.61 Å². The smallest absolute Gasteiger partial charge is 0.273 e. The molecule has 0 aliphatic carbocycles. The van der Waals surface area contributed by atoms with Crippen LogP contribution in [0.2, 0.25) is 0 Å². The quantitative estimate of drug-likeness (QED) is 0.622. The second kappa shape index (κ2) is 6.39. The molecular weight excluding hydrogens is 272 g/mol. The highest BCUT2D eigenvalue weighted by Crippen LogP contribution is 2.22. The van der Waals surface area contributed by atoms with Crippen LogP contribution >= 0.6 is 0 Å². The van der Waals surface area contributed by atoms with Gasteiger partial charge >= 0.3 is 0 Å². The van der Waals surface area contributed by atoms with Gasteiger partial charge in [0.15, 0.2) is 0 Å². The lowest BCUT2D eigenvalue weighted by atomic mass is 10.1. The van der Waals surface area contributed by atoms with Crippen molar-refractivity contribution in [3.05, 3.63) is 63.7 Å². The lowest BCUT2D eigenvalue weighted by Gasteiger charge is -2.08. The van der Waals surface area contributed by atoms with Gasteiger partial charge in [-0.1, -0.05) is 12.1 Å². The van der Waals surface area contributed by atoms with Gasteiger partial charge in [-0.05, 0) is 23.8 Å². The van der Waals surface area contributed by atoms with Gasteiger partial charge in [-0.15, -0.1) is 0 Å². The average molecular weight is 284 g/mol. The minimum absolute atomic E-state index is 0.0278. The Morgan fingerprint density at radius 3 is 2.76 bits per heavy atom. The largest absolute Gasteiger partial charge is 0.495 e. The van der Waals surface area contributed by atoms with Crippen molar-refractivity contribution in [1.29, 1.82) is 5.26 Å². The van der Waals surface area contributed by atoms with Gasteiger partial charge in [0, 0.05) is 6.07 Å². The Hall–Kier alpha value is -3.07. The van der Waals surface area contributed by atoms with E-state index in [9.17, 15) is 10.1 Å². The van der Waals surface area contributed by atoms with E-state index in [1.54, 1.807) is 30.3 Å². The first kappa shape index (κ1) is 14.3. The summed E-state index contributed by atoms with van der Waals surface area (Å²) in [5, 5.41) is 19.7. The third-order valence-corrected chi connectivity index (χ3v) is 2.82. The molecule has 0 saturated heterocycles. The highest BCUT2D eigenvalue weighted by Gasteiger charge is 2.07.